The fourth-order valence-electron chi connectivity index (χ4n) is 1.29. The molecule has 90 valence electrons. The van der Waals surface area contributed by atoms with Gasteiger partial charge in [-0.25, -0.2) is 10.8 Å². The van der Waals surface area contributed by atoms with Gasteiger partial charge in [0.25, 0.3) is 0 Å². The lowest BCUT2D eigenvalue weighted by molar-refractivity contribution is 1.28. The Hall–Kier alpha value is -0.750. The van der Waals surface area contributed by atoms with Crippen LogP contribution in [-0.4, -0.2) is 4.98 Å². The van der Waals surface area contributed by atoms with E-state index in [0.717, 1.165) is 21.7 Å². The molecule has 0 aliphatic heterocycles. The van der Waals surface area contributed by atoms with Gasteiger partial charge in [-0.15, -0.1) is 11.3 Å². The van der Waals surface area contributed by atoms with E-state index in [1.54, 1.807) is 11.3 Å². The molecule has 0 radical (unpaired) electrons. The molecule has 0 saturated carbocycles. The molecule has 1 aromatic carbocycles. The van der Waals surface area contributed by atoms with Crippen molar-refractivity contribution in [3.05, 3.63) is 45.9 Å². The number of anilines is 1. The van der Waals surface area contributed by atoms with Gasteiger partial charge < -0.3 is 0 Å². The van der Waals surface area contributed by atoms with Crippen LogP contribution in [0.5, 0.6) is 0 Å². The summed E-state index contributed by atoms with van der Waals surface area (Å²) >= 11 is 9.26. The molecule has 0 saturated heterocycles. The van der Waals surface area contributed by atoms with Crippen molar-refractivity contribution in [1.82, 2.24) is 4.98 Å². The molecule has 6 heteroatoms. The lowest BCUT2D eigenvalue weighted by Gasteiger charge is -2.00. The van der Waals surface area contributed by atoms with Crippen LogP contribution in [0.25, 0.3) is 0 Å². The Morgan fingerprint density at radius 1 is 1.29 bits per heavy atom. The number of nitrogens with two attached hydrogens (primary N) is 1. The van der Waals surface area contributed by atoms with Crippen LogP contribution in [0, 0.1) is 0 Å². The number of thioether (sulfide) groups is 1. The van der Waals surface area contributed by atoms with Gasteiger partial charge in [-0.2, -0.15) is 11.8 Å². The second-order valence-electron chi connectivity index (χ2n) is 3.40. The monoisotopic (exact) mass is 285 g/mol. The van der Waals surface area contributed by atoms with Gasteiger partial charge in [0.15, 0.2) is 5.13 Å². The third-order valence-electron chi connectivity index (χ3n) is 2.10. The summed E-state index contributed by atoms with van der Waals surface area (Å²) in [5.41, 5.74) is 3.82. The van der Waals surface area contributed by atoms with Gasteiger partial charge in [-0.3, -0.25) is 5.43 Å². The molecule has 2 aromatic rings. The van der Waals surface area contributed by atoms with E-state index in [1.807, 2.05) is 30.1 Å². The number of hydrazine groups is 1. The molecule has 0 atom stereocenters. The summed E-state index contributed by atoms with van der Waals surface area (Å²) in [5, 5.41) is 1.53. The standard InChI is InChI=1S/C11H12ClN3S2/c12-9-3-1-8(2-4-9)6-16-7-10-5-14-11(15-13)17-10/h1-5H,6-7,13H2,(H,14,15). The Balaban J connectivity index is 1.81. The molecule has 17 heavy (non-hydrogen) atoms. The van der Waals surface area contributed by atoms with Gasteiger partial charge in [-0.05, 0) is 17.7 Å². The van der Waals surface area contributed by atoms with Crippen LogP contribution in [-0.2, 0) is 11.5 Å². The van der Waals surface area contributed by atoms with E-state index in [1.165, 1.54) is 10.4 Å². The van der Waals surface area contributed by atoms with Gasteiger partial charge in [0.2, 0.25) is 0 Å². The van der Waals surface area contributed by atoms with Crippen LogP contribution >= 0.6 is 34.7 Å². The highest BCUT2D eigenvalue weighted by Crippen LogP contribution is 2.24. The van der Waals surface area contributed by atoms with Gasteiger partial charge in [-0.1, -0.05) is 23.7 Å². The molecule has 0 aliphatic rings. The molecular formula is C11H12ClN3S2. The number of aromatic nitrogens is 1. The lowest BCUT2D eigenvalue weighted by atomic mass is 10.2. The number of hydrogen-bond donors (Lipinski definition) is 2. The molecule has 3 nitrogen and oxygen atoms in total. The quantitative estimate of drug-likeness (QED) is 0.652. The Morgan fingerprint density at radius 2 is 2.06 bits per heavy atom. The van der Waals surface area contributed by atoms with E-state index >= 15 is 0 Å². The summed E-state index contributed by atoms with van der Waals surface area (Å²) in [6, 6.07) is 7.94. The summed E-state index contributed by atoms with van der Waals surface area (Å²) in [5.74, 6) is 7.19. The maximum absolute atomic E-state index is 5.83. The largest absolute Gasteiger partial charge is 0.300 e. The molecule has 1 aromatic heterocycles. The Kier molecular flexibility index (Phi) is 4.67. The number of nitrogens with one attached hydrogen (secondary N) is 1. The zero-order chi connectivity index (χ0) is 12.1. The molecular weight excluding hydrogens is 274 g/mol. The highest BCUT2D eigenvalue weighted by Gasteiger charge is 2.01. The number of rotatable bonds is 5. The van der Waals surface area contributed by atoms with Crippen LogP contribution in [0.2, 0.25) is 5.02 Å². The first kappa shape index (κ1) is 12.7. The molecule has 0 unspecified atom stereocenters. The second kappa shape index (κ2) is 6.26. The molecule has 0 fully saturated rings. The van der Waals surface area contributed by atoms with E-state index < -0.39 is 0 Å². The normalized spacial score (nSPS) is 10.5. The zero-order valence-corrected chi connectivity index (χ0v) is 11.4. The van der Waals surface area contributed by atoms with Crippen LogP contribution in [0.4, 0.5) is 5.13 Å². The number of nitrogens with zero attached hydrogens (tertiary/aromatic N) is 1. The fraction of sp³-hybridized carbons (Fsp3) is 0.182. The van der Waals surface area contributed by atoms with Crippen molar-refractivity contribution in [2.45, 2.75) is 11.5 Å². The van der Waals surface area contributed by atoms with Gasteiger partial charge in [0.05, 0.1) is 0 Å². The van der Waals surface area contributed by atoms with Crippen LogP contribution < -0.4 is 11.3 Å². The summed E-state index contributed by atoms with van der Waals surface area (Å²) in [4.78, 5) is 5.34. The van der Waals surface area contributed by atoms with Crippen LogP contribution in [0.1, 0.15) is 10.4 Å². The molecule has 0 aliphatic carbocycles. The molecule has 0 bridgehead atoms. The Labute approximate surface area is 113 Å². The Morgan fingerprint density at radius 3 is 2.71 bits per heavy atom. The minimum atomic E-state index is 0.757. The predicted molar refractivity (Wildman–Crippen MR) is 76.4 cm³/mol. The summed E-state index contributed by atoms with van der Waals surface area (Å²) in [7, 11) is 0. The van der Waals surface area contributed by atoms with E-state index in [-0.39, 0.29) is 0 Å². The van der Waals surface area contributed by atoms with Crippen molar-refractivity contribution < 1.29 is 0 Å². The average molecular weight is 286 g/mol. The van der Waals surface area contributed by atoms with E-state index in [0.29, 0.717) is 0 Å². The van der Waals surface area contributed by atoms with Crippen molar-refractivity contribution in [1.29, 1.82) is 0 Å². The zero-order valence-electron chi connectivity index (χ0n) is 9.02. The molecule has 0 spiro atoms. The highest BCUT2D eigenvalue weighted by molar-refractivity contribution is 7.97. The third-order valence-corrected chi connectivity index (χ3v) is 4.52. The first-order chi connectivity index (χ1) is 8.28. The van der Waals surface area contributed by atoms with Gasteiger partial charge in [0.1, 0.15) is 0 Å². The number of halogens is 1. The summed E-state index contributed by atoms with van der Waals surface area (Å²) < 4.78 is 0. The number of thiazole rings is 1. The maximum atomic E-state index is 5.83. The minimum Gasteiger partial charge on any atom is -0.300 e. The maximum Gasteiger partial charge on any atom is 0.197 e. The van der Waals surface area contributed by atoms with Crippen molar-refractivity contribution >= 4 is 39.8 Å². The minimum absolute atomic E-state index is 0.757. The van der Waals surface area contributed by atoms with Crippen LogP contribution in [0.15, 0.2) is 30.5 Å². The Bertz CT molecular complexity index is 470. The predicted octanol–water partition coefficient (Wildman–Crippen LogP) is 3.52. The topological polar surface area (TPSA) is 50.9 Å². The van der Waals surface area contributed by atoms with E-state index in [2.05, 4.69) is 22.5 Å². The van der Waals surface area contributed by atoms with Gasteiger partial charge in [0, 0.05) is 27.6 Å². The van der Waals surface area contributed by atoms with Crippen molar-refractivity contribution in [2.75, 3.05) is 5.43 Å². The van der Waals surface area contributed by atoms with Crippen molar-refractivity contribution in [3.63, 3.8) is 0 Å². The first-order valence-corrected chi connectivity index (χ1v) is 7.36. The smallest absolute Gasteiger partial charge is 0.197 e. The van der Waals surface area contributed by atoms with E-state index in [4.69, 9.17) is 17.4 Å². The van der Waals surface area contributed by atoms with Crippen molar-refractivity contribution in [3.8, 4) is 0 Å². The van der Waals surface area contributed by atoms with Gasteiger partial charge >= 0.3 is 0 Å². The average Bonchev–Trinajstić information content (AvgIpc) is 2.80. The third kappa shape index (κ3) is 3.89. The fourth-order valence-corrected chi connectivity index (χ4v) is 3.23. The first-order valence-electron chi connectivity index (χ1n) is 5.01. The number of hydrogen-bond acceptors (Lipinski definition) is 5. The molecule has 0 amide bonds. The summed E-state index contributed by atoms with van der Waals surface area (Å²) in [6.07, 6.45) is 1.86. The molecule has 2 rings (SSSR count). The lowest BCUT2D eigenvalue weighted by Crippen LogP contribution is -2.05. The van der Waals surface area contributed by atoms with E-state index in [9.17, 15) is 0 Å². The molecule has 1 heterocycles. The second-order valence-corrected chi connectivity index (χ2v) is 5.93. The summed E-state index contributed by atoms with van der Waals surface area (Å²) in [6.45, 7) is 0. The highest BCUT2D eigenvalue weighted by atomic mass is 35.5. The van der Waals surface area contributed by atoms with Crippen molar-refractivity contribution in [2.24, 2.45) is 5.84 Å². The molecule has 3 N–H and O–H groups in total. The number of benzene rings is 1. The van der Waals surface area contributed by atoms with Crippen LogP contribution in [0.3, 0.4) is 0 Å². The SMILES string of the molecule is NNc1ncc(CSCc2ccc(Cl)cc2)s1. The number of nitrogen functional groups attached to an aromatic ring is 1.